The number of hydrogen-bond acceptors (Lipinski definition) is 5. The zero-order valence-electron chi connectivity index (χ0n) is 10.7. The first-order chi connectivity index (χ1) is 9.65. The van der Waals surface area contributed by atoms with Crippen molar-refractivity contribution in [3.8, 4) is 0 Å². The number of carboxylic acids is 1. The lowest BCUT2D eigenvalue weighted by Gasteiger charge is -2.10. The third kappa shape index (κ3) is 4.52. The Morgan fingerprint density at radius 3 is 2.45 bits per heavy atom. The van der Waals surface area contributed by atoms with Gasteiger partial charge in [0.25, 0.3) is 0 Å². The highest BCUT2D eigenvalue weighted by atomic mass is 32.2. The number of nitrogens with one attached hydrogen (secondary N) is 1. The van der Waals surface area contributed by atoms with Crippen LogP contribution in [0.3, 0.4) is 0 Å². The first-order valence-electron chi connectivity index (χ1n) is 6.08. The van der Waals surface area contributed by atoms with Crippen LogP contribution >= 0.6 is 11.8 Å². The van der Waals surface area contributed by atoms with Crippen molar-refractivity contribution >= 4 is 29.3 Å². The standard InChI is InChI=1S/C13H15NO5S/c15-11(7-20-8-12(16)17)14-10-3-1-9(2-4-10)13-18-5-6-19-13/h1-4,13H,5-8H2,(H,14,15)(H,16,17). The minimum Gasteiger partial charge on any atom is -0.481 e. The second kappa shape index (κ2) is 7.28. The Hall–Kier alpha value is -1.57. The summed E-state index contributed by atoms with van der Waals surface area (Å²) in [4.78, 5) is 21.9. The van der Waals surface area contributed by atoms with Crippen molar-refractivity contribution < 1.29 is 24.2 Å². The molecule has 0 saturated carbocycles. The highest BCUT2D eigenvalue weighted by molar-refractivity contribution is 8.00. The van der Waals surface area contributed by atoms with Gasteiger partial charge in [-0.05, 0) is 12.1 Å². The molecule has 1 amide bonds. The molecule has 20 heavy (non-hydrogen) atoms. The Kier molecular flexibility index (Phi) is 5.40. The summed E-state index contributed by atoms with van der Waals surface area (Å²) in [6, 6.07) is 7.19. The third-order valence-corrected chi connectivity index (χ3v) is 3.46. The number of carboxylic acid groups (broad SMARTS) is 1. The lowest BCUT2D eigenvalue weighted by Crippen LogP contribution is -2.15. The van der Waals surface area contributed by atoms with E-state index >= 15 is 0 Å². The molecular formula is C13H15NO5S. The maximum atomic E-state index is 11.6. The lowest BCUT2D eigenvalue weighted by atomic mass is 10.2. The topological polar surface area (TPSA) is 84.9 Å². The molecule has 1 aliphatic heterocycles. The van der Waals surface area contributed by atoms with E-state index in [9.17, 15) is 9.59 Å². The first-order valence-corrected chi connectivity index (χ1v) is 7.23. The number of carbonyl (C=O) groups is 2. The number of thioether (sulfide) groups is 1. The van der Waals surface area contributed by atoms with E-state index in [2.05, 4.69) is 5.32 Å². The Bertz CT molecular complexity index is 470. The van der Waals surface area contributed by atoms with Crippen LogP contribution in [0.15, 0.2) is 24.3 Å². The molecule has 1 fully saturated rings. The molecule has 1 heterocycles. The molecule has 2 rings (SSSR count). The molecule has 0 aromatic heterocycles. The number of aliphatic carboxylic acids is 1. The van der Waals surface area contributed by atoms with Gasteiger partial charge >= 0.3 is 5.97 Å². The Labute approximate surface area is 120 Å². The molecule has 108 valence electrons. The van der Waals surface area contributed by atoms with Gasteiger partial charge < -0.3 is 19.9 Å². The van der Waals surface area contributed by atoms with Crippen molar-refractivity contribution in [2.45, 2.75) is 6.29 Å². The number of hydrogen-bond donors (Lipinski definition) is 2. The number of benzene rings is 1. The molecule has 0 unspecified atom stereocenters. The van der Waals surface area contributed by atoms with Gasteiger partial charge in [-0.1, -0.05) is 12.1 Å². The largest absolute Gasteiger partial charge is 0.481 e. The van der Waals surface area contributed by atoms with Crippen LogP contribution in [0, 0.1) is 0 Å². The van der Waals surface area contributed by atoms with Crippen molar-refractivity contribution in [1.29, 1.82) is 0 Å². The SMILES string of the molecule is O=C(O)CSCC(=O)Nc1ccc(C2OCCO2)cc1. The number of carbonyl (C=O) groups excluding carboxylic acids is 1. The van der Waals surface area contributed by atoms with Crippen molar-refractivity contribution in [1.82, 2.24) is 0 Å². The average molecular weight is 297 g/mol. The smallest absolute Gasteiger partial charge is 0.313 e. The van der Waals surface area contributed by atoms with Crippen LogP contribution in [-0.4, -0.2) is 41.7 Å². The number of rotatable bonds is 6. The van der Waals surface area contributed by atoms with Gasteiger partial charge in [-0.2, -0.15) is 0 Å². The summed E-state index contributed by atoms with van der Waals surface area (Å²) in [5.74, 6) is -1.12. The van der Waals surface area contributed by atoms with Gasteiger partial charge in [0.15, 0.2) is 6.29 Å². The third-order valence-electron chi connectivity index (χ3n) is 2.55. The van der Waals surface area contributed by atoms with Crippen molar-refractivity contribution in [3.05, 3.63) is 29.8 Å². The highest BCUT2D eigenvalue weighted by Crippen LogP contribution is 2.24. The van der Waals surface area contributed by atoms with E-state index in [4.69, 9.17) is 14.6 Å². The molecule has 7 heteroatoms. The summed E-state index contributed by atoms with van der Waals surface area (Å²) < 4.78 is 10.7. The summed E-state index contributed by atoms with van der Waals surface area (Å²) in [5, 5.41) is 11.2. The fourth-order valence-corrected chi connectivity index (χ4v) is 2.24. The Morgan fingerprint density at radius 1 is 1.20 bits per heavy atom. The fourth-order valence-electron chi connectivity index (χ4n) is 1.70. The van der Waals surface area contributed by atoms with Gasteiger partial charge in [0.1, 0.15) is 0 Å². The minimum atomic E-state index is -0.927. The van der Waals surface area contributed by atoms with Crippen molar-refractivity contribution in [2.24, 2.45) is 0 Å². The second-order valence-corrected chi connectivity index (χ2v) is 5.12. The summed E-state index contributed by atoms with van der Waals surface area (Å²) in [7, 11) is 0. The predicted octanol–water partition coefficient (Wildman–Crippen LogP) is 1.49. The van der Waals surface area contributed by atoms with E-state index in [0.29, 0.717) is 18.9 Å². The zero-order chi connectivity index (χ0) is 14.4. The monoisotopic (exact) mass is 297 g/mol. The van der Waals surface area contributed by atoms with Crippen LogP contribution in [-0.2, 0) is 19.1 Å². The van der Waals surface area contributed by atoms with Crippen LogP contribution in [0.4, 0.5) is 5.69 Å². The second-order valence-electron chi connectivity index (χ2n) is 4.13. The molecule has 0 atom stereocenters. The summed E-state index contributed by atoms with van der Waals surface area (Å²) >= 11 is 1.06. The fraction of sp³-hybridized carbons (Fsp3) is 0.385. The number of amides is 1. The van der Waals surface area contributed by atoms with Crippen molar-refractivity contribution in [3.63, 3.8) is 0 Å². The molecule has 1 aromatic rings. The van der Waals surface area contributed by atoms with Gasteiger partial charge in [0.05, 0.1) is 24.7 Å². The molecule has 0 aliphatic carbocycles. The molecule has 6 nitrogen and oxygen atoms in total. The zero-order valence-corrected chi connectivity index (χ0v) is 11.5. The molecule has 1 aliphatic rings. The first kappa shape index (κ1) is 14.8. The predicted molar refractivity (Wildman–Crippen MR) is 74.7 cm³/mol. The molecule has 1 saturated heterocycles. The van der Waals surface area contributed by atoms with Crippen LogP contribution in [0.2, 0.25) is 0 Å². The normalized spacial score (nSPS) is 15.2. The summed E-state index contributed by atoms with van der Waals surface area (Å²) in [5.41, 5.74) is 1.56. The van der Waals surface area contributed by atoms with Gasteiger partial charge in [-0.15, -0.1) is 11.8 Å². The Morgan fingerprint density at radius 2 is 1.85 bits per heavy atom. The van der Waals surface area contributed by atoms with Crippen molar-refractivity contribution in [2.75, 3.05) is 30.0 Å². The van der Waals surface area contributed by atoms with E-state index in [0.717, 1.165) is 17.3 Å². The Balaban J connectivity index is 1.80. The quantitative estimate of drug-likeness (QED) is 0.827. The summed E-state index contributed by atoms with van der Waals surface area (Å²) in [6.07, 6.45) is -0.328. The molecule has 0 spiro atoms. The summed E-state index contributed by atoms with van der Waals surface area (Å²) in [6.45, 7) is 1.17. The minimum absolute atomic E-state index is 0.0806. The van der Waals surface area contributed by atoms with Crippen LogP contribution in [0.25, 0.3) is 0 Å². The van der Waals surface area contributed by atoms with E-state index in [1.54, 1.807) is 12.1 Å². The lowest BCUT2D eigenvalue weighted by molar-refractivity contribution is -0.133. The van der Waals surface area contributed by atoms with E-state index in [1.165, 1.54) is 0 Å². The van der Waals surface area contributed by atoms with E-state index in [-0.39, 0.29) is 23.7 Å². The van der Waals surface area contributed by atoms with E-state index in [1.807, 2.05) is 12.1 Å². The maximum Gasteiger partial charge on any atom is 0.313 e. The van der Waals surface area contributed by atoms with Gasteiger partial charge in [-0.25, -0.2) is 0 Å². The number of anilines is 1. The van der Waals surface area contributed by atoms with Crippen LogP contribution in [0.5, 0.6) is 0 Å². The molecule has 2 N–H and O–H groups in total. The van der Waals surface area contributed by atoms with Crippen LogP contribution < -0.4 is 5.32 Å². The van der Waals surface area contributed by atoms with Gasteiger partial charge in [0.2, 0.25) is 5.91 Å². The molecule has 0 bridgehead atoms. The molecule has 1 aromatic carbocycles. The van der Waals surface area contributed by atoms with Gasteiger partial charge in [0, 0.05) is 11.3 Å². The van der Waals surface area contributed by atoms with Crippen LogP contribution in [0.1, 0.15) is 11.9 Å². The average Bonchev–Trinajstić information content (AvgIpc) is 2.93. The number of ether oxygens (including phenoxy) is 2. The highest BCUT2D eigenvalue weighted by Gasteiger charge is 2.17. The molecular weight excluding hydrogens is 282 g/mol. The molecule has 0 radical (unpaired) electrons. The van der Waals surface area contributed by atoms with Gasteiger partial charge in [-0.3, -0.25) is 9.59 Å². The van der Waals surface area contributed by atoms with E-state index < -0.39 is 5.97 Å². The maximum absolute atomic E-state index is 11.6.